The van der Waals surface area contributed by atoms with Gasteiger partial charge in [0, 0.05) is 25.7 Å². The van der Waals surface area contributed by atoms with Crippen LogP contribution >= 0.6 is 12.4 Å². The zero-order chi connectivity index (χ0) is 12.2. The van der Waals surface area contributed by atoms with E-state index in [0.717, 1.165) is 32.6 Å². The van der Waals surface area contributed by atoms with Crippen molar-refractivity contribution in [2.24, 2.45) is 5.41 Å². The standard InChI is InChI=1S/C12H24N2O2.ClH/c1-10-9-14(8-6-13-10)7-5-12(2,3)11(15)16-4;/h10,13H,5-9H2,1-4H3;1H/t10-;/m0./s1. The second-order valence-electron chi connectivity index (χ2n) is 5.28. The summed E-state index contributed by atoms with van der Waals surface area (Å²) in [5, 5.41) is 3.41. The number of esters is 1. The first kappa shape index (κ1) is 16.7. The van der Waals surface area contributed by atoms with E-state index in [1.54, 1.807) is 0 Å². The first-order valence-electron chi connectivity index (χ1n) is 6.00. The van der Waals surface area contributed by atoms with Crippen LogP contribution in [0.1, 0.15) is 27.2 Å². The number of piperazine rings is 1. The summed E-state index contributed by atoms with van der Waals surface area (Å²) in [6.07, 6.45) is 0.854. The Morgan fingerprint density at radius 1 is 1.53 bits per heavy atom. The van der Waals surface area contributed by atoms with Gasteiger partial charge in [-0.2, -0.15) is 0 Å². The van der Waals surface area contributed by atoms with E-state index in [1.165, 1.54) is 7.11 Å². The molecule has 1 rings (SSSR count). The molecule has 1 heterocycles. The van der Waals surface area contributed by atoms with Crippen LogP contribution < -0.4 is 5.32 Å². The van der Waals surface area contributed by atoms with Gasteiger partial charge in [0.15, 0.2) is 0 Å². The lowest BCUT2D eigenvalue weighted by molar-refractivity contribution is -0.151. The van der Waals surface area contributed by atoms with Crippen molar-refractivity contribution >= 4 is 18.4 Å². The van der Waals surface area contributed by atoms with Crippen molar-refractivity contribution < 1.29 is 9.53 Å². The first-order valence-corrected chi connectivity index (χ1v) is 6.00. The van der Waals surface area contributed by atoms with Crippen molar-refractivity contribution in [3.8, 4) is 0 Å². The summed E-state index contributed by atoms with van der Waals surface area (Å²) in [6, 6.07) is 0.551. The molecule has 0 aliphatic carbocycles. The van der Waals surface area contributed by atoms with Gasteiger partial charge in [0.2, 0.25) is 0 Å². The highest BCUT2D eigenvalue weighted by Gasteiger charge is 2.29. The predicted octanol–water partition coefficient (Wildman–Crippen LogP) is 1.29. The molecule has 0 spiro atoms. The number of halogens is 1. The van der Waals surface area contributed by atoms with Gasteiger partial charge in [-0.15, -0.1) is 12.4 Å². The molecule has 1 fully saturated rings. The van der Waals surface area contributed by atoms with E-state index in [1.807, 2.05) is 13.8 Å². The van der Waals surface area contributed by atoms with Gasteiger partial charge in [0.25, 0.3) is 0 Å². The molecule has 0 radical (unpaired) electrons. The summed E-state index contributed by atoms with van der Waals surface area (Å²) in [4.78, 5) is 13.9. The number of methoxy groups -OCH3 is 1. The van der Waals surface area contributed by atoms with Gasteiger partial charge < -0.3 is 15.0 Å². The maximum Gasteiger partial charge on any atom is 0.311 e. The summed E-state index contributed by atoms with van der Waals surface area (Å²) in [5.74, 6) is -0.115. The maximum atomic E-state index is 11.5. The minimum Gasteiger partial charge on any atom is -0.469 e. The van der Waals surface area contributed by atoms with Crippen LogP contribution in [0.5, 0.6) is 0 Å². The molecule has 0 aromatic heterocycles. The molecule has 0 aromatic carbocycles. The molecule has 0 unspecified atom stereocenters. The Morgan fingerprint density at radius 2 is 2.18 bits per heavy atom. The predicted molar refractivity (Wildman–Crippen MR) is 71.6 cm³/mol. The Bertz CT molecular complexity index is 247. The van der Waals surface area contributed by atoms with Gasteiger partial charge >= 0.3 is 5.97 Å². The van der Waals surface area contributed by atoms with Gasteiger partial charge in [0.05, 0.1) is 12.5 Å². The quantitative estimate of drug-likeness (QED) is 0.777. The monoisotopic (exact) mass is 264 g/mol. The molecule has 0 bridgehead atoms. The van der Waals surface area contributed by atoms with E-state index in [2.05, 4.69) is 17.1 Å². The van der Waals surface area contributed by atoms with Crippen LogP contribution in [0.4, 0.5) is 0 Å². The van der Waals surface area contributed by atoms with Gasteiger partial charge in [-0.25, -0.2) is 0 Å². The number of nitrogens with one attached hydrogen (secondary N) is 1. The summed E-state index contributed by atoms with van der Waals surface area (Å²) >= 11 is 0. The van der Waals surface area contributed by atoms with Gasteiger partial charge in [-0.1, -0.05) is 0 Å². The fourth-order valence-electron chi connectivity index (χ4n) is 2.03. The van der Waals surface area contributed by atoms with Crippen molar-refractivity contribution in [1.29, 1.82) is 0 Å². The van der Waals surface area contributed by atoms with Crippen LogP contribution in [0, 0.1) is 5.41 Å². The van der Waals surface area contributed by atoms with Crippen LogP contribution in [0.15, 0.2) is 0 Å². The topological polar surface area (TPSA) is 41.6 Å². The molecular weight excluding hydrogens is 240 g/mol. The first-order chi connectivity index (χ1) is 7.45. The van der Waals surface area contributed by atoms with Crippen LogP contribution in [0.3, 0.4) is 0 Å². The molecule has 102 valence electrons. The average molecular weight is 265 g/mol. The molecule has 0 saturated carbocycles. The van der Waals surface area contributed by atoms with Gasteiger partial charge in [-0.3, -0.25) is 4.79 Å². The molecule has 5 heteroatoms. The molecule has 0 amide bonds. The summed E-state index contributed by atoms with van der Waals surface area (Å²) in [6.45, 7) is 10.2. The molecule has 1 aliphatic heterocycles. The Morgan fingerprint density at radius 3 is 2.71 bits per heavy atom. The van der Waals surface area contributed by atoms with Gasteiger partial charge in [-0.05, 0) is 33.7 Å². The smallest absolute Gasteiger partial charge is 0.311 e. The highest BCUT2D eigenvalue weighted by atomic mass is 35.5. The maximum absolute atomic E-state index is 11.5. The summed E-state index contributed by atoms with van der Waals surface area (Å²) < 4.78 is 4.81. The molecule has 0 aromatic rings. The third-order valence-electron chi connectivity index (χ3n) is 3.24. The Labute approximate surface area is 110 Å². The number of carbonyl (C=O) groups excluding carboxylic acids is 1. The third-order valence-corrected chi connectivity index (χ3v) is 3.24. The van der Waals surface area contributed by atoms with E-state index < -0.39 is 0 Å². The normalized spacial score (nSPS) is 21.8. The highest BCUT2D eigenvalue weighted by Crippen LogP contribution is 2.22. The highest BCUT2D eigenvalue weighted by molar-refractivity contribution is 5.85. The Hall–Kier alpha value is -0.320. The van der Waals surface area contributed by atoms with Crippen LogP contribution in [0.25, 0.3) is 0 Å². The number of carbonyl (C=O) groups is 1. The zero-order valence-corrected chi connectivity index (χ0v) is 12.1. The van der Waals surface area contributed by atoms with E-state index >= 15 is 0 Å². The van der Waals surface area contributed by atoms with Crippen molar-refractivity contribution in [3.63, 3.8) is 0 Å². The average Bonchev–Trinajstić information content (AvgIpc) is 2.25. The number of rotatable bonds is 4. The third kappa shape index (κ3) is 5.23. The minimum absolute atomic E-state index is 0. The van der Waals surface area contributed by atoms with Crippen molar-refractivity contribution in [1.82, 2.24) is 10.2 Å². The lowest BCUT2D eigenvalue weighted by Gasteiger charge is -2.33. The van der Waals surface area contributed by atoms with E-state index in [4.69, 9.17) is 4.74 Å². The molecule has 1 N–H and O–H groups in total. The molecule has 1 aliphatic rings. The summed E-state index contributed by atoms with van der Waals surface area (Å²) in [5.41, 5.74) is -0.372. The van der Waals surface area contributed by atoms with Crippen LogP contribution in [-0.2, 0) is 9.53 Å². The zero-order valence-electron chi connectivity index (χ0n) is 11.3. The van der Waals surface area contributed by atoms with E-state index in [-0.39, 0.29) is 23.8 Å². The molecule has 4 nitrogen and oxygen atoms in total. The van der Waals surface area contributed by atoms with Crippen molar-refractivity contribution in [2.75, 3.05) is 33.3 Å². The van der Waals surface area contributed by atoms with Gasteiger partial charge in [0.1, 0.15) is 0 Å². The number of hydrogen-bond donors (Lipinski definition) is 1. The molecule has 1 atom stereocenters. The Kier molecular flexibility index (Phi) is 7.05. The lowest BCUT2D eigenvalue weighted by Crippen LogP contribution is -2.50. The molecule has 1 saturated heterocycles. The van der Waals surface area contributed by atoms with Crippen molar-refractivity contribution in [2.45, 2.75) is 33.2 Å². The SMILES string of the molecule is COC(=O)C(C)(C)CCN1CCN[C@@H](C)C1.Cl. The van der Waals surface area contributed by atoms with E-state index in [9.17, 15) is 4.79 Å². The fraction of sp³-hybridized carbons (Fsp3) is 0.917. The fourth-order valence-corrected chi connectivity index (χ4v) is 2.03. The largest absolute Gasteiger partial charge is 0.469 e. The lowest BCUT2D eigenvalue weighted by atomic mass is 9.89. The summed E-state index contributed by atoms with van der Waals surface area (Å²) in [7, 11) is 1.46. The van der Waals surface area contributed by atoms with Crippen LogP contribution in [-0.4, -0.2) is 50.2 Å². The molecular formula is C12H25ClN2O2. The molecule has 17 heavy (non-hydrogen) atoms. The second-order valence-corrected chi connectivity index (χ2v) is 5.28. The van der Waals surface area contributed by atoms with E-state index in [0.29, 0.717) is 6.04 Å². The van der Waals surface area contributed by atoms with Crippen molar-refractivity contribution in [3.05, 3.63) is 0 Å². The number of nitrogens with zero attached hydrogens (tertiary/aromatic N) is 1. The minimum atomic E-state index is -0.372. The number of ether oxygens (including phenoxy) is 1. The second kappa shape index (κ2) is 7.19. The number of hydrogen-bond acceptors (Lipinski definition) is 4. The Balaban J connectivity index is 0.00000256. The van der Waals surface area contributed by atoms with Crippen LogP contribution in [0.2, 0.25) is 0 Å².